The summed E-state index contributed by atoms with van der Waals surface area (Å²) >= 11 is 0. The molecule has 19 heavy (non-hydrogen) atoms. The van der Waals surface area contributed by atoms with Crippen LogP contribution in [0.2, 0.25) is 0 Å². The molecule has 2 saturated heterocycles. The Morgan fingerprint density at radius 3 is 2.63 bits per heavy atom. The molecule has 1 saturated carbocycles. The van der Waals surface area contributed by atoms with E-state index in [9.17, 15) is 0 Å². The van der Waals surface area contributed by atoms with Gasteiger partial charge in [-0.3, -0.25) is 4.90 Å². The molecule has 0 bridgehead atoms. The van der Waals surface area contributed by atoms with Crippen LogP contribution in [-0.4, -0.2) is 48.8 Å². The number of hydrogen-bond donors (Lipinski definition) is 1. The van der Waals surface area contributed by atoms with E-state index in [0.29, 0.717) is 11.1 Å². The van der Waals surface area contributed by atoms with Crippen LogP contribution >= 0.6 is 0 Å². The quantitative estimate of drug-likeness (QED) is 0.845. The maximum absolute atomic E-state index is 5.58. The van der Waals surface area contributed by atoms with Gasteiger partial charge in [0.05, 0.1) is 6.61 Å². The molecular weight excluding hydrogens is 236 g/mol. The first-order chi connectivity index (χ1) is 9.06. The minimum atomic E-state index is 0.299. The highest BCUT2D eigenvalue weighted by Crippen LogP contribution is 2.45. The van der Waals surface area contributed by atoms with Crippen LogP contribution in [0.4, 0.5) is 0 Å². The third kappa shape index (κ3) is 2.70. The predicted octanol–water partition coefficient (Wildman–Crippen LogP) is 2.27. The monoisotopic (exact) mass is 266 g/mol. The zero-order valence-electron chi connectivity index (χ0n) is 12.9. The summed E-state index contributed by atoms with van der Waals surface area (Å²) in [6.07, 6.45) is 5.33. The first kappa shape index (κ1) is 13.8. The van der Waals surface area contributed by atoms with Gasteiger partial charge >= 0.3 is 0 Å². The van der Waals surface area contributed by atoms with Crippen molar-refractivity contribution >= 4 is 0 Å². The minimum absolute atomic E-state index is 0.299. The van der Waals surface area contributed by atoms with Crippen molar-refractivity contribution in [3.8, 4) is 0 Å². The van der Waals surface area contributed by atoms with Gasteiger partial charge in [-0.1, -0.05) is 6.92 Å². The molecule has 0 amide bonds. The molecule has 0 radical (unpaired) electrons. The third-order valence-corrected chi connectivity index (χ3v) is 5.88. The molecule has 0 aromatic heterocycles. The summed E-state index contributed by atoms with van der Waals surface area (Å²) in [7, 11) is 0. The summed E-state index contributed by atoms with van der Waals surface area (Å²) in [5.41, 5.74) is 0.686. The first-order valence-electron chi connectivity index (χ1n) is 8.13. The maximum atomic E-state index is 5.58. The van der Waals surface area contributed by atoms with Crippen LogP contribution in [0.5, 0.6) is 0 Å². The predicted molar refractivity (Wildman–Crippen MR) is 78.3 cm³/mol. The van der Waals surface area contributed by atoms with E-state index in [0.717, 1.165) is 31.6 Å². The van der Waals surface area contributed by atoms with Crippen molar-refractivity contribution < 1.29 is 4.74 Å². The molecule has 3 heteroatoms. The lowest BCUT2D eigenvalue weighted by Crippen LogP contribution is -2.69. The Bertz CT molecular complexity index is 325. The molecule has 0 aromatic carbocycles. The average Bonchev–Trinajstić information content (AvgIpc) is 3.14. The van der Waals surface area contributed by atoms with Crippen LogP contribution in [0, 0.1) is 11.8 Å². The summed E-state index contributed by atoms with van der Waals surface area (Å²) in [6, 6.07) is 0. The van der Waals surface area contributed by atoms with Crippen LogP contribution in [0.25, 0.3) is 0 Å². The van der Waals surface area contributed by atoms with Crippen LogP contribution < -0.4 is 5.32 Å². The molecule has 110 valence electrons. The second-order valence-corrected chi connectivity index (χ2v) is 7.51. The van der Waals surface area contributed by atoms with Crippen molar-refractivity contribution in [1.82, 2.24) is 10.2 Å². The van der Waals surface area contributed by atoms with Gasteiger partial charge < -0.3 is 10.1 Å². The molecule has 3 nitrogen and oxygen atoms in total. The van der Waals surface area contributed by atoms with E-state index in [2.05, 4.69) is 31.0 Å². The molecule has 1 aliphatic carbocycles. The molecule has 3 aliphatic rings. The van der Waals surface area contributed by atoms with Gasteiger partial charge in [-0.2, -0.15) is 0 Å². The molecule has 3 unspecified atom stereocenters. The molecule has 2 heterocycles. The maximum Gasteiger partial charge on any atom is 0.0507 e. The Kier molecular flexibility index (Phi) is 3.65. The number of hydrogen-bond acceptors (Lipinski definition) is 3. The summed E-state index contributed by atoms with van der Waals surface area (Å²) in [5, 5.41) is 3.84. The highest BCUT2D eigenvalue weighted by molar-refractivity contribution is 5.08. The van der Waals surface area contributed by atoms with Crippen LogP contribution in [-0.2, 0) is 4.74 Å². The Balaban J connectivity index is 1.72. The van der Waals surface area contributed by atoms with Gasteiger partial charge in [-0.25, -0.2) is 0 Å². The van der Waals surface area contributed by atoms with Crippen molar-refractivity contribution in [3.05, 3.63) is 0 Å². The number of nitrogens with one attached hydrogen (secondary N) is 1. The molecule has 1 N–H and O–H groups in total. The SMILES string of the molecule is CCC1(C)CN(CC2CCOC2)C(C)(C2CC2)CN1. The highest BCUT2D eigenvalue weighted by atomic mass is 16.5. The minimum Gasteiger partial charge on any atom is -0.381 e. The molecule has 0 spiro atoms. The van der Waals surface area contributed by atoms with Crippen molar-refractivity contribution in [1.29, 1.82) is 0 Å². The Labute approximate surface area is 118 Å². The van der Waals surface area contributed by atoms with E-state index in [1.807, 2.05) is 0 Å². The summed E-state index contributed by atoms with van der Waals surface area (Å²) in [5.74, 6) is 1.68. The van der Waals surface area contributed by atoms with E-state index >= 15 is 0 Å². The standard InChI is InChI=1S/C16H30N2O/c1-4-15(2)12-18(9-13-7-8-19-10-13)16(3,11-17-15)14-5-6-14/h13-14,17H,4-12H2,1-3H3. The van der Waals surface area contributed by atoms with E-state index in [1.54, 1.807) is 0 Å². The number of piperazine rings is 1. The Hall–Kier alpha value is -0.120. The van der Waals surface area contributed by atoms with E-state index in [-0.39, 0.29) is 0 Å². The van der Waals surface area contributed by atoms with Crippen LogP contribution in [0.3, 0.4) is 0 Å². The fourth-order valence-corrected chi connectivity index (χ4v) is 3.82. The fraction of sp³-hybridized carbons (Fsp3) is 1.00. The van der Waals surface area contributed by atoms with E-state index in [1.165, 1.54) is 38.8 Å². The van der Waals surface area contributed by atoms with Crippen LogP contribution in [0.15, 0.2) is 0 Å². The summed E-state index contributed by atoms with van der Waals surface area (Å²) in [4.78, 5) is 2.81. The Morgan fingerprint density at radius 1 is 1.26 bits per heavy atom. The zero-order valence-corrected chi connectivity index (χ0v) is 12.9. The second-order valence-electron chi connectivity index (χ2n) is 7.51. The molecule has 3 atom stereocenters. The van der Waals surface area contributed by atoms with Gasteiger partial charge in [0, 0.05) is 37.3 Å². The van der Waals surface area contributed by atoms with Gasteiger partial charge in [0.15, 0.2) is 0 Å². The number of nitrogens with zero attached hydrogens (tertiary/aromatic N) is 1. The van der Waals surface area contributed by atoms with Crippen LogP contribution in [0.1, 0.15) is 46.5 Å². The summed E-state index contributed by atoms with van der Waals surface area (Å²) in [6.45, 7) is 12.7. The molecule has 3 fully saturated rings. The fourth-order valence-electron chi connectivity index (χ4n) is 3.82. The zero-order chi connectivity index (χ0) is 13.5. The lowest BCUT2D eigenvalue weighted by Gasteiger charge is -2.53. The lowest BCUT2D eigenvalue weighted by molar-refractivity contribution is -0.00664. The number of rotatable bonds is 4. The van der Waals surface area contributed by atoms with Crippen molar-refractivity contribution in [2.45, 2.75) is 57.5 Å². The number of ether oxygens (including phenoxy) is 1. The largest absolute Gasteiger partial charge is 0.381 e. The Morgan fingerprint density at radius 2 is 2.05 bits per heavy atom. The molecule has 2 aliphatic heterocycles. The molecule has 3 rings (SSSR count). The van der Waals surface area contributed by atoms with Gasteiger partial charge in [0.2, 0.25) is 0 Å². The van der Waals surface area contributed by atoms with Gasteiger partial charge in [-0.15, -0.1) is 0 Å². The first-order valence-corrected chi connectivity index (χ1v) is 8.13. The third-order valence-electron chi connectivity index (χ3n) is 5.88. The van der Waals surface area contributed by atoms with E-state index < -0.39 is 0 Å². The summed E-state index contributed by atoms with van der Waals surface area (Å²) < 4.78 is 5.58. The van der Waals surface area contributed by atoms with E-state index in [4.69, 9.17) is 4.74 Å². The molecule has 0 aromatic rings. The smallest absolute Gasteiger partial charge is 0.0507 e. The van der Waals surface area contributed by atoms with Crippen molar-refractivity contribution in [2.75, 3.05) is 32.8 Å². The topological polar surface area (TPSA) is 24.5 Å². The molecular formula is C16H30N2O. The second kappa shape index (κ2) is 5.01. The van der Waals surface area contributed by atoms with Gasteiger partial charge in [0.25, 0.3) is 0 Å². The van der Waals surface area contributed by atoms with Gasteiger partial charge in [0.1, 0.15) is 0 Å². The van der Waals surface area contributed by atoms with Crippen molar-refractivity contribution in [3.63, 3.8) is 0 Å². The average molecular weight is 266 g/mol. The normalized spacial score (nSPS) is 44.7. The van der Waals surface area contributed by atoms with Crippen molar-refractivity contribution in [2.24, 2.45) is 11.8 Å². The lowest BCUT2D eigenvalue weighted by atomic mass is 9.83. The highest BCUT2D eigenvalue weighted by Gasteiger charge is 2.50. The van der Waals surface area contributed by atoms with Gasteiger partial charge in [-0.05, 0) is 51.4 Å².